The minimum Gasteiger partial charge on any atom is -0.446 e. The Kier molecular flexibility index (Phi) is 11.1. The molecule has 0 aliphatic carbocycles. The molecule has 0 radical (unpaired) electrons. The SMILES string of the molecule is CCc1nccn1CCC(=O)N[C@H]1CCCCNC(=O)c2coc(n2)[C@H](C(C)C)NC(=O)[C@H](Cc2ccccc2)NC1=O. The lowest BCUT2D eigenvalue weighted by atomic mass is 10.0. The van der Waals surface area contributed by atoms with Crippen LogP contribution in [0, 0.1) is 5.92 Å². The van der Waals surface area contributed by atoms with Crippen molar-refractivity contribution in [2.24, 2.45) is 5.92 Å². The smallest absolute Gasteiger partial charge is 0.273 e. The standard InChI is InChI=1S/C31H41N7O5/c1-4-25-32-15-17-38(25)16-13-26(39)34-22-12-8-9-14-33-28(40)24-19-43-31(36-24)27(20(2)3)37-30(42)23(35-29(22)41)18-21-10-6-5-7-11-21/h5-7,10-11,15,17,19-20,22-23,27H,4,8-9,12-14,16,18H2,1-3H3,(H,33,40)(H,34,39)(H,35,41)(H,37,42)/t22-,23-,27-/m0/s1. The second-order valence-electron chi connectivity index (χ2n) is 11.1. The molecule has 4 N–H and O–H groups in total. The Bertz CT molecular complexity index is 1380. The van der Waals surface area contributed by atoms with Gasteiger partial charge in [0.05, 0.1) is 0 Å². The van der Waals surface area contributed by atoms with Gasteiger partial charge in [0.25, 0.3) is 5.91 Å². The van der Waals surface area contributed by atoms with Crippen molar-refractivity contribution >= 4 is 23.6 Å². The highest BCUT2D eigenvalue weighted by molar-refractivity contribution is 5.93. The molecule has 3 aromatic rings. The molecular formula is C31H41N7O5. The van der Waals surface area contributed by atoms with E-state index < -0.39 is 29.9 Å². The number of nitrogens with one attached hydrogen (secondary N) is 4. The first-order valence-electron chi connectivity index (χ1n) is 14.9. The fourth-order valence-corrected chi connectivity index (χ4v) is 5.01. The summed E-state index contributed by atoms with van der Waals surface area (Å²) in [5.74, 6) is -0.567. The van der Waals surface area contributed by atoms with E-state index in [1.807, 2.05) is 61.9 Å². The molecule has 1 aliphatic rings. The number of imidazole rings is 1. The molecule has 43 heavy (non-hydrogen) atoms. The zero-order valence-electron chi connectivity index (χ0n) is 25.0. The maximum atomic E-state index is 13.7. The summed E-state index contributed by atoms with van der Waals surface area (Å²) >= 11 is 0. The molecule has 0 fully saturated rings. The third-order valence-corrected chi connectivity index (χ3v) is 7.46. The van der Waals surface area contributed by atoms with Crippen LogP contribution < -0.4 is 21.3 Å². The van der Waals surface area contributed by atoms with Crippen LogP contribution in [-0.4, -0.2) is 56.8 Å². The summed E-state index contributed by atoms with van der Waals surface area (Å²) in [6.07, 6.45) is 7.43. The molecule has 12 heteroatoms. The van der Waals surface area contributed by atoms with Gasteiger partial charge in [-0.05, 0) is 30.7 Å². The molecular weight excluding hydrogens is 550 g/mol. The van der Waals surface area contributed by atoms with E-state index in [-0.39, 0.29) is 42.2 Å². The Morgan fingerprint density at radius 1 is 1.12 bits per heavy atom. The molecule has 3 heterocycles. The predicted molar refractivity (Wildman–Crippen MR) is 159 cm³/mol. The van der Waals surface area contributed by atoms with Crippen LogP contribution in [0.2, 0.25) is 0 Å². The van der Waals surface area contributed by atoms with Gasteiger partial charge in [-0.3, -0.25) is 19.2 Å². The molecule has 4 amide bonds. The lowest BCUT2D eigenvalue weighted by molar-refractivity contribution is -0.132. The molecule has 2 aromatic heterocycles. The fourth-order valence-electron chi connectivity index (χ4n) is 5.01. The Balaban J connectivity index is 1.55. The highest BCUT2D eigenvalue weighted by Crippen LogP contribution is 2.22. The Labute approximate surface area is 251 Å². The van der Waals surface area contributed by atoms with E-state index in [2.05, 4.69) is 31.2 Å². The molecule has 4 rings (SSSR count). The number of carbonyl (C=O) groups excluding carboxylic acids is 4. The third-order valence-electron chi connectivity index (χ3n) is 7.46. The molecule has 0 unspecified atom stereocenters. The quantitative estimate of drug-likeness (QED) is 0.313. The first-order valence-corrected chi connectivity index (χ1v) is 14.9. The van der Waals surface area contributed by atoms with Crippen LogP contribution in [0.1, 0.15) is 80.3 Å². The molecule has 3 atom stereocenters. The van der Waals surface area contributed by atoms with Gasteiger partial charge >= 0.3 is 0 Å². The molecule has 0 spiro atoms. The average Bonchev–Trinajstić information content (AvgIpc) is 3.67. The van der Waals surface area contributed by atoms with Crippen LogP contribution >= 0.6 is 0 Å². The number of rotatable bonds is 8. The van der Waals surface area contributed by atoms with E-state index in [4.69, 9.17) is 4.42 Å². The summed E-state index contributed by atoms with van der Waals surface area (Å²) in [5.41, 5.74) is 0.992. The maximum absolute atomic E-state index is 13.7. The predicted octanol–water partition coefficient (Wildman–Crippen LogP) is 2.46. The average molecular weight is 592 g/mol. The van der Waals surface area contributed by atoms with Gasteiger partial charge in [0.1, 0.15) is 30.2 Å². The summed E-state index contributed by atoms with van der Waals surface area (Å²) < 4.78 is 7.53. The van der Waals surface area contributed by atoms with E-state index in [9.17, 15) is 19.2 Å². The Morgan fingerprint density at radius 2 is 1.91 bits per heavy atom. The van der Waals surface area contributed by atoms with Crippen LogP contribution in [0.5, 0.6) is 0 Å². The van der Waals surface area contributed by atoms with Gasteiger partial charge in [-0.25, -0.2) is 9.97 Å². The molecule has 0 saturated heterocycles. The van der Waals surface area contributed by atoms with Crippen molar-refractivity contribution < 1.29 is 23.6 Å². The molecule has 12 nitrogen and oxygen atoms in total. The van der Waals surface area contributed by atoms with Crippen molar-refractivity contribution in [3.8, 4) is 0 Å². The van der Waals surface area contributed by atoms with E-state index in [0.717, 1.165) is 17.8 Å². The van der Waals surface area contributed by atoms with Gasteiger partial charge in [-0.2, -0.15) is 0 Å². The fraction of sp³-hybridized carbons (Fsp3) is 0.484. The number of amides is 4. The summed E-state index contributed by atoms with van der Waals surface area (Å²) in [4.78, 5) is 61.7. The van der Waals surface area contributed by atoms with Crippen LogP contribution in [0.4, 0.5) is 0 Å². The van der Waals surface area contributed by atoms with Crippen LogP contribution in [0.15, 0.2) is 53.4 Å². The highest BCUT2D eigenvalue weighted by atomic mass is 16.3. The zero-order chi connectivity index (χ0) is 30.8. The van der Waals surface area contributed by atoms with Crippen molar-refractivity contribution in [1.29, 1.82) is 0 Å². The van der Waals surface area contributed by atoms with Gasteiger partial charge in [0.15, 0.2) is 5.69 Å². The van der Waals surface area contributed by atoms with E-state index in [1.54, 1.807) is 6.20 Å². The highest BCUT2D eigenvalue weighted by Gasteiger charge is 2.31. The number of hydrogen-bond donors (Lipinski definition) is 4. The molecule has 1 aromatic carbocycles. The number of oxazole rings is 1. The Morgan fingerprint density at radius 3 is 2.65 bits per heavy atom. The number of nitrogens with zero attached hydrogens (tertiary/aromatic N) is 3. The zero-order valence-corrected chi connectivity index (χ0v) is 25.0. The largest absolute Gasteiger partial charge is 0.446 e. The second kappa shape index (κ2) is 15.1. The molecule has 230 valence electrons. The van der Waals surface area contributed by atoms with E-state index >= 15 is 0 Å². The van der Waals surface area contributed by atoms with Gasteiger partial charge in [0.2, 0.25) is 23.6 Å². The molecule has 1 aliphatic heterocycles. The monoisotopic (exact) mass is 591 g/mol. The number of fused-ring (bicyclic) bond motifs is 2. The van der Waals surface area contributed by atoms with Crippen molar-refractivity contribution in [2.75, 3.05) is 6.54 Å². The van der Waals surface area contributed by atoms with Crippen LogP contribution in [0.25, 0.3) is 0 Å². The third kappa shape index (κ3) is 8.76. The summed E-state index contributed by atoms with van der Waals surface area (Å²) in [7, 11) is 0. The first kappa shape index (κ1) is 31.5. The minimum absolute atomic E-state index is 0.124. The maximum Gasteiger partial charge on any atom is 0.273 e. The van der Waals surface area contributed by atoms with Crippen molar-refractivity contribution in [1.82, 2.24) is 35.8 Å². The Hall–Kier alpha value is -4.48. The molecule has 0 saturated carbocycles. The van der Waals surface area contributed by atoms with Gasteiger partial charge in [0, 0.05) is 44.7 Å². The lowest BCUT2D eigenvalue weighted by Crippen LogP contribution is -2.55. The minimum atomic E-state index is -0.931. The first-order chi connectivity index (χ1) is 20.7. The van der Waals surface area contributed by atoms with Crippen molar-refractivity contribution in [3.63, 3.8) is 0 Å². The van der Waals surface area contributed by atoms with Gasteiger partial charge < -0.3 is 30.3 Å². The summed E-state index contributed by atoms with van der Waals surface area (Å²) in [5, 5.41) is 11.6. The number of hydrogen-bond acceptors (Lipinski definition) is 7. The van der Waals surface area contributed by atoms with Crippen molar-refractivity contribution in [3.05, 3.63) is 72.0 Å². The van der Waals surface area contributed by atoms with E-state index in [0.29, 0.717) is 32.4 Å². The number of carbonyl (C=O) groups is 4. The van der Waals surface area contributed by atoms with Crippen LogP contribution in [-0.2, 0) is 33.8 Å². The summed E-state index contributed by atoms with van der Waals surface area (Å²) in [6, 6.07) is 6.97. The number of benzene rings is 1. The normalized spacial score (nSPS) is 20.3. The van der Waals surface area contributed by atoms with Crippen molar-refractivity contribution in [2.45, 2.75) is 84.0 Å². The topological polar surface area (TPSA) is 160 Å². The number of aryl methyl sites for hydroxylation is 2. The van der Waals surface area contributed by atoms with Crippen LogP contribution in [0.3, 0.4) is 0 Å². The second-order valence-corrected chi connectivity index (χ2v) is 11.1. The van der Waals surface area contributed by atoms with E-state index in [1.165, 1.54) is 6.26 Å². The lowest BCUT2D eigenvalue weighted by Gasteiger charge is -2.26. The van der Waals surface area contributed by atoms with Gasteiger partial charge in [-0.1, -0.05) is 51.1 Å². The summed E-state index contributed by atoms with van der Waals surface area (Å²) in [6.45, 7) is 6.60. The van der Waals surface area contributed by atoms with Gasteiger partial charge in [-0.15, -0.1) is 0 Å². The number of aromatic nitrogens is 3. The molecule has 2 bridgehead atoms.